The summed E-state index contributed by atoms with van der Waals surface area (Å²) < 4.78 is 21.6. The number of furan rings is 1. The molecular weight excluding hydrogens is 466 g/mol. The van der Waals surface area contributed by atoms with E-state index in [4.69, 9.17) is 18.6 Å². The third-order valence-corrected chi connectivity index (χ3v) is 8.26. The molecule has 2 aromatic rings. The molecule has 188 valence electrons. The van der Waals surface area contributed by atoms with Crippen LogP contribution in [0.3, 0.4) is 0 Å². The topological polar surface area (TPSA) is 122 Å². The van der Waals surface area contributed by atoms with Gasteiger partial charge in [0.25, 0.3) is 0 Å². The number of methoxy groups -OCH3 is 1. The van der Waals surface area contributed by atoms with Crippen molar-refractivity contribution in [3.63, 3.8) is 0 Å². The number of ether oxygens (including phenoxy) is 3. The molecule has 3 heterocycles. The molecule has 1 saturated carbocycles. The number of pyridine rings is 1. The number of nitrogens with zero attached hydrogens (tertiary/aromatic N) is 1. The predicted octanol–water partition coefficient (Wildman–Crippen LogP) is 3.81. The van der Waals surface area contributed by atoms with Crippen LogP contribution in [0.2, 0.25) is 0 Å². The normalized spacial score (nSPS) is 33.5. The molecule has 1 aliphatic heterocycles. The molecule has 0 bridgehead atoms. The van der Waals surface area contributed by atoms with Gasteiger partial charge in [0, 0.05) is 23.9 Å². The maximum atomic E-state index is 14.1. The predicted molar refractivity (Wildman–Crippen MR) is 123 cm³/mol. The first kappa shape index (κ1) is 24.0. The van der Waals surface area contributed by atoms with Gasteiger partial charge < -0.3 is 18.6 Å². The zero-order chi connectivity index (χ0) is 25.7. The number of fused-ring (bicyclic) bond motifs is 3. The highest BCUT2D eigenvalue weighted by atomic mass is 16.6. The Labute approximate surface area is 207 Å². The van der Waals surface area contributed by atoms with Crippen LogP contribution in [0, 0.1) is 28.6 Å². The van der Waals surface area contributed by atoms with Gasteiger partial charge >= 0.3 is 17.9 Å². The van der Waals surface area contributed by atoms with Crippen LogP contribution in [-0.4, -0.2) is 35.8 Å². The second-order valence-corrected chi connectivity index (χ2v) is 10.2. The second kappa shape index (κ2) is 8.72. The van der Waals surface area contributed by atoms with E-state index in [2.05, 4.69) is 4.98 Å². The van der Waals surface area contributed by atoms with Crippen molar-refractivity contribution in [2.75, 3.05) is 7.11 Å². The number of hydrogen-bond donors (Lipinski definition) is 0. The molecule has 9 heteroatoms. The first-order valence-electron chi connectivity index (χ1n) is 11.9. The van der Waals surface area contributed by atoms with E-state index >= 15 is 0 Å². The second-order valence-electron chi connectivity index (χ2n) is 10.2. The van der Waals surface area contributed by atoms with Gasteiger partial charge in [0.05, 0.1) is 37.0 Å². The van der Waals surface area contributed by atoms with Gasteiger partial charge in [-0.1, -0.05) is 13.8 Å². The number of allylic oxidation sites excluding steroid dienone is 1. The fraction of sp³-hybridized carbons (Fsp3) is 0.444. The van der Waals surface area contributed by atoms with Crippen LogP contribution in [0.1, 0.15) is 55.1 Å². The van der Waals surface area contributed by atoms with Crippen molar-refractivity contribution in [2.24, 2.45) is 28.6 Å². The third-order valence-electron chi connectivity index (χ3n) is 8.26. The van der Waals surface area contributed by atoms with Crippen molar-refractivity contribution in [1.82, 2.24) is 4.98 Å². The Bertz CT molecular complexity index is 1240. The summed E-state index contributed by atoms with van der Waals surface area (Å²) in [4.78, 5) is 57.0. The monoisotopic (exact) mass is 493 g/mol. The standard InChI is InChI=1S/C27H27NO8/c1-26-8-6-17-25(32)36-20(16-7-10-34-14-16)12-27(17,2)22(26)21(29)19(11-18(26)24(31)33-3)35-23(30)15-5-4-9-28-13-15/h4-5,7,9-11,13-14,17-18,20,22H,6,8,12H2,1-3H3/t17-,18-,20-,22-,26-,27-/m0/s1. The number of cyclic esters (lactones) is 1. The highest BCUT2D eigenvalue weighted by Gasteiger charge is 2.66. The molecule has 0 unspecified atom stereocenters. The van der Waals surface area contributed by atoms with Gasteiger partial charge in [0.2, 0.25) is 5.78 Å². The fourth-order valence-electron chi connectivity index (χ4n) is 6.53. The molecule has 0 radical (unpaired) electrons. The van der Waals surface area contributed by atoms with Crippen molar-refractivity contribution in [3.8, 4) is 0 Å². The molecule has 1 saturated heterocycles. The summed E-state index contributed by atoms with van der Waals surface area (Å²) in [6, 6.07) is 4.83. The average molecular weight is 494 g/mol. The van der Waals surface area contributed by atoms with Gasteiger partial charge in [-0.3, -0.25) is 19.4 Å². The van der Waals surface area contributed by atoms with E-state index in [1.807, 2.05) is 13.8 Å². The van der Waals surface area contributed by atoms with E-state index in [0.717, 1.165) is 0 Å². The Morgan fingerprint density at radius 3 is 2.64 bits per heavy atom. The number of Topliss-reactive ketones (excluding diaryl/α,β-unsaturated/α-hetero) is 1. The Morgan fingerprint density at radius 1 is 1.17 bits per heavy atom. The van der Waals surface area contributed by atoms with Crippen molar-refractivity contribution < 1.29 is 37.8 Å². The van der Waals surface area contributed by atoms with Crippen molar-refractivity contribution in [1.29, 1.82) is 0 Å². The van der Waals surface area contributed by atoms with Crippen LogP contribution in [0.25, 0.3) is 0 Å². The first-order valence-corrected chi connectivity index (χ1v) is 11.9. The zero-order valence-corrected chi connectivity index (χ0v) is 20.3. The summed E-state index contributed by atoms with van der Waals surface area (Å²) in [5.74, 6) is -4.49. The van der Waals surface area contributed by atoms with E-state index in [0.29, 0.717) is 24.8 Å². The van der Waals surface area contributed by atoms with Gasteiger partial charge in [-0.25, -0.2) is 4.79 Å². The van der Waals surface area contributed by atoms with Crippen molar-refractivity contribution in [2.45, 2.75) is 39.2 Å². The van der Waals surface area contributed by atoms with E-state index in [-0.39, 0.29) is 17.3 Å². The molecule has 2 aliphatic carbocycles. The Kier molecular flexibility index (Phi) is 5.81. The van der Waals surface area contributed by atoms with E-state index in [9.17, 15) is 19.2 Å². The average Bonchev–Trinajstić information content (AvgIpc) is 3.40. The number of carbonyl (C=O) groups is 4. The van der Waals surface area contributed by atoms with Crippen molar-refractivity contribution in [3.05, 3.63) is 66.1 Å². The van der Waals surface area contributed by atoms with Gasteiger partial charge in [-0.05, 0) is 54.4 Å². The lowest BCUT2D eigenvalue weighted by atomic mass is 9.44. The van der Waals surface area contributed by atoms with E-state index in [1.165, 1.54) is 44.2 Å². The molecule has 0 spiro atoms. The molecule has 36 heavy (non-hydrogen) atoms. The largest absolute Gasteiger partial charge is 0.472 e. The van der Waals surface area contributed by atoms with Gasteiger partial charge in [0.1, 0.15) is 6.10 Å². The number of carbonyl (C=O) groups excluding carboxylic acids is 4. The quantitative estimate of drug-likeness (QED) is 0.462. The summed E-state index contributed by atoms with van der Waals surface area (Å²) in [6.45, 7) is 3.77. The van der Waals surface area contributed by atoms with Crippen LogP contribution >= 0.6 is 0 Å². The lowest BCUT2D eigenvalue weighted by molar-refractivity contribution is -0.197. The first-order chi connectivity index (χ1) is 17.2. The maximum Gasteiger partial charge on any atom is 0.345 e. The third kappa shape index (κ3) is 3.65. The molecular formula is C27H27NO8. The SMILES string of the molecule is COC(=O)[C@@H]1C=C(OC(=O)c2cccnc2)C(=O)[C@H]2[C@@]1(C)CC[C@H]1C(=O)O[C@H](c3ccoc3)C[C@]21C. The smallest absolute Gasteiger partial charge is 0.345 e. The van der Waals surface area contributed by atoms with Crippen LogP contribution in [-0.2, 0) is 28.6 Å². The number of ketones is 1. The molecule has 2 aromatic heterocycles. The number of rotatable bonds is 4. The molecule has 0 aromatic carbocycles. The highest BCUT2D eigenvalue weighted by molar-refractivity contribution is 6.03. The Balaban J connectivity index is 1.57. The minimum absolute atomic E-state index is 0.170. The minimum atomic E-state index is -0.867. The minimum Gasteiger partial charge on any atom is -0.472 e. The molecule has 5 rings (SSSR count). The van der Waals surface area contributed by atoms with Gasteiger partial charge in [-0.2, -0.15) is 0 Å². The summed E-state index contributed by atoms with van der Waals surface area (Å²) in [5, 5.41) is 0. The Hall–Kier alpha value is -3.75. The summed E-state index contributed by atoms with van der Waals surface area (Å²) in [7, 11) is 1.28. The molecule has 9 nitrogen and oxygen atoms in total. The lowest BCUT2D eigenvalue weighted by Crippen LogP contribution is -2.61. The van der Waals surface area contributed by atoms with Crippen LogP contribution in [0.5, 0.6) is 0 Å². The fourth-order valence-corrected chi connectivity index (χ4v) is 6.53. The van der Waals surface area contributed by atoms with Crippen LogP contribution < -0.4 is 0 Å². The van der Waals surface area contributed by atoms with Gasteiger partial charge in [0.15, 0.2) is 5.76 Å². The molecule has 0 amide bonds. The van der Waals surface area contributed by atoms with Crippen molar-refractivity contribution >= 4 is 23.7 Å². The van der Waals surface area contributed by atoms with Crippen LogP contribution in [0.4, 0.5) is 0 Å². The maximum absolute atomic E-state index is 14.1. The number of esters is 3. The van der Waals surface area contributed by atoms with E-state index in [1.54, 1.807) is 12.1 Å². The molecule has 0 N–H and O–H groups in total. The highest BCUT2D eigenvalue weighted by Crippen LogP contribution is 2.64. The number of hydrogen-bond acceptors (Lipinski definition) is 9. The summed E-state index contributed by atoms with van der Waals surface area (Å²) in [6.07, 6.45) is 7.91. The van der Waals surface area contributed by atoms with E-state index < -0.39 is 52.4 Å². The molecule has 6 atom stereocenters. The Morgan fingerprint density at radius 2 is 1.97 bits per heavy atom. The molecule has 3 aliphatic rings. The lowest BCUT2D eigenvalue weighted by Gasteiger charge is -2.59. The zero-order valence-electron chi connectivity index (χ0n) is 20.3. The van der Waals surface area contributed by atoms with Crippen LogP contribution in [0.15, 0.2) is 59.4 Å². The molecule has 2 fully saturated rings. The summed E-state index contributed by atoms with van der Waals surface area (Å²) >= 11 is 0. The summed E-state index contributed by atoms with van der Waals surface area (Å²) in [5.41, 5.74) is -0.850. The van der Waals surface area contributed by atoms with Gasteiger partial charge in [-0.15, -0.1) is 0 Å². The number of aromatic nitrogens is 1.